The standard InChI is InChI=1S/C23H17N3O3S/c27-21(14-30-22-7-3-4-12-24-22)25-16-10-8-15(9-11-16)20-13-18(23(28)29)17-5-1-2-6-19(17)26-20/h1-13H,14H2,(H,25,27)(H,28,29). The van der Waals surface area contributed by atoms with E-state index in [2.05, 4.69) is 15.3 Å². The van der Waals surface area contributed by atoms with Crippen LogP contribution in [0, 0.1) is 0 Å². The second-order valence-corrected chi connectivity index (χ2v) is 7.46. The smallest absolute Gasteiger partial charge is 0.336 e. The van der Waals surface area contributed by atoms with E-state index in [0.717, 1.165) is 10.6 Å². The van der Waals surface area contributed by atoms with Gasteiger partial charge >= 0.3 is 5.97 Å². The predicted octanol–water partition coefficient (Wildman–Crippen LogP) is 4.73. The van der Waals surface area contributed by atoms with E-state index in [4.69, 9.17) is 0 Å². The van der Waals surface area contributed by atoms with E-state index in [9.17, 15) is 14.7 Å². The average Bonchev–Trinajstić information content (AvgIpc) is 2.78. The quantitative estimate of drug-likeness (QED) is 0.443. The molecular formula is C23H17N3O3S. The number of para-hydroxylation sites is 1. The molecule has 2 aromatic heterocycles. The van der Waals surface area contributed by atoms with Gasteiger partial charge in [0.2, 0.25) is 5.91 Å². The number of nitrogens with zero attached hydrogens (tertiary/aromatic N) is 2. The molecule has 7 heteroatoms. The number of carboxylic acids is 1. The minimum Gasteiger partial charge on any atom is -0.478 e. The van der Waals surface area contributed by atoms with E-state index in [1.165, 1.54) is 11.8 Å². The third kappa shape index (κ3) is 4.47. The molecule has 2 heterocycles. The van der Waals surface area contributed by atoms with Crippen LogP contribution in [0.5, 0.6) is 0 Å². The van der Waals surface area contributed by atoms with Crippen LogP contribution in [-0.2, 0) is 4.79 Å². The van der Waals surface area contributed by atoms with Crippen molar-refractivity contribution in [3.8, 4) is 11.3 Å². The van der Waals surface area contributed by atoms with Gasteiger partial charge in [-0.15, -0.1) is 0 Å². The number of carbonyl (C=O) groups excluding carboxylic acids is 1. The van der Waals surface area contributed by atoms with Crippen LogP contribution in [0.3, 0.4) is 0 Å². The number of carboxylic acid groups (broad SMARTS) is 1. The van der Waals surface area contributed by atoms with Crippen LogP contribution in [0.1, 0.15) is 10.4 Å². The monoisotopic (exact) mass is 415 g/mol. The summed E-state index contributed by atoms with van der Waals surface area (Å²) >= 11 is 1.36. The number of thioether (sulfide) groups is 1. The Balaban J connectivity index is 1.49. The third-order valence-electron chi connectivity index (χ3n) is 4.40. The SMILES string of the molecule is O=C(CSc1ccccn1)Nc1ccc(-c2cc(C(=O)O)c3ccccc3n2)cc1. The molecule has 2 N–H and O–H groups in total. The molecule has 6 nitrogen and oxygen atoms in total. The first-order chi connectivity index (χ1) is 14.6. The van der Waals surface area contributed by atoms with Gasteiger partial charge in [-0.2, -0.15) is 0 Å². The topological polar surface area (TPSA) is 92.2 Å². The first kappa shape index (κ1) is 19.6. The molecule has 0 radical (unpaired) electrons. The second-order valence-electron chi connectivity index (χ2n) is 6.46. The highest BCUT2D eigenvalue weighted by atomic mass is 32.2. The maximum Gasteiger partial charge on any atom is 0.336 e. The maximum atomic E-state index is 12.2. The number of anilines is 1. The molecule has 1 amide bonds. The van der Waals surface area contributed by atoms with Crippen molar-refractivity contribution in [2.75, 3.05) is 11.1 Å². The number of aromatic carboxylic acids is 1. The zero-order chi connectivity index (χ0) is 20.9. The Morgan fingerprint density at radius 1 is 0.967 bits per heavy atom. The maximum absolute atomic E-state index is 12.2. The summed E-state index contributed by atoms with van der Waals surface area (Å²) in [6.45, 7) is 0. The minimum atomic E-state index is -0.996. The molecule has 2 aromatic carbocycles. The van der Waals surface area contributed by atoms with Crippen LogP contribution in [0.25, 0.3) is 22.2 Å². The number of hydrogen-bond acceptors (Lipinski definition) is 5. The summed E-state index contributed by atoms with van der Waals surface area (Å²) in [5.74, 6) is -0.869. The molecule has 0 unspecified atom stereocenters. The van der Waals surface area contributed by atoms with Crippen LogP contribution in [0.4, 0.5) is 5.69 Å². The van der Waals surface area contributed by atoms with Crippen LogP contribution in [0.2, 0.25) is 0 Å². The Labute approximate surface area is 177 Å². The largest absolute Gasteiger partial charge is 0.478 e. The van der Waals surface area contributed by atoms with Crippen molar-refractivity contribution in [1.82, 2.24) is 9.97 Å². The number of hydrogen-bond donors (Lipinski definition) is 2. The van der Waals surface area contributed by atoms with Gasteiger partial charge in [0.05, 0.1) is 27.6 Å². The Morgan fingerprint density at radius 3 is 2.47 bits per heavy atom. The van der Waals surface area contributed by atoms with Gasteiger partial charge in [0.15, 0.2) is 0 Å². The first-order valence-corrected chi connectivity index (χ1v) is 10.2. The summed E-state index contributed by atoms with van der Waals surface area (Å²) in [5, 5.41) is 13.8. The normalized spacial score (nSPS) is 10.7. The van der Waals surface area contributed by atoms with Gasteiger partial charge in [-0.1, -0.05) is 48.2 Å². The van der Waals surface area contributed by atoms with E-state index in [1.54, 1.807) is 42.6 Å². The number of nitrogens with one attached hydrogen (secondary N) is 1. The number of pyridine rings is 2. The van der Waals surface area contributed by atoms with Gasteiger partial charge < -0.3 is 10.4 Å². The average molecular weight is 415 g/mol. The summed E-state index contributed by atoms with van der Waals surface area (Å²) < 4.78 is 0. The van der Waals surface area contributed by atoms with Crippen molar-refractivity contribution in [3.63, 3.8) is 0 Å². The van der Waals surface area contributed by atoms with E-state index in [1.807, 2.05) is 36.4 Å². The molecule has 0 aliphatic carbocycles. The van der Waals surface area contributed by atoms with Crippen LogP contribution >= 0.6 is 11.8 Å². The molecular weight excluding hydrogens is 398 g/mol. The van der Waals surface area contributed by atoms with Gasteiger partial charge in [0.1, 0.15) is 0 Å². The highest BCUT2D eigenvalue weighted by Gasteiger charge is 2.13. The molecule has 0 saturated heterocycles. The second kappa shape index (κ2) is 8.75. The zero-order valence-corrected chi connectivity index (χ0v) is 16.6. The molecule has 0 fully saturated rings. The fourth-order valence-electron chi connectivity index (χ4n) is 2.99. The lowest BCUT2D eigenvalue weighted by molar-refractivity contribution is -0.113. The predicted molar refractivity (Wildman–Crippen MR) is 118 cm³/mol. The molecule has 0 aliphatic rings. The molecule has 0 bridgehead atoms. The number of carbonyl (C=O) groups is 2. The van der Waals surface area contributed by atoms with E-state index < -0.39 is 5.97 Å². The highest BCUT2D eigenvalue weighted by molar-refractivity contribution is 7.99. The van der Waals surface area contributed by atoms with Crippen molar-refractivity contribution >= 4 is 40.2 Å². The summed E-state index contributed by atoms with van der Waals surface area (Å²) in [7, 11) is 0. The number of benzene rings is 2. The van der Waals surface area contributed by atoms with Crippen LogP contribution in [0.15, 0.2) is 84.0 Å². The van der Waals surface area contributed by atoms with E-state index >= 15 is 0 Å². The molecule has 0 aliphatic heterocycles. The van der Waals surface area contributed by atoms with Crippen molar-refractivity contribution < 1.29 is 14.7 Å². The summed E-state index contributed by atoms with van der Waals surface area (Å²) in [6.07, 6.45) is 1.69. The van der Waals surface area contributed by atoms with Gasteiger partial charge in [-0.25, -0.2) is 14.8 Å². The lowest BCUT2D eigenvalue weighted by Gasteiger charge is -2.09. The van der Waals surface area contributed by atoms with E-state index in [-0.39, 0.29) is 17.2 Å². The van der Waals surface area contributed by atoms with Crippen LogP contribution in [-0.4, -0.2) is 32.7 Å². The number of rotatable bonds is 6. The van der Waals surface area contributed by atoms with Crippen molar-refractivity contribution in [3.05, 3.63) is 84.6 Å². The van der Waals surface area contributed by atoms with E-state index in [0.29, 0.717) is 22.3 Å². The van der Waals surface area contributed by atoms with Crippen molar-refractivity contribution in [2.45, 2.75) is 5.03 Å². The van der Waals surface area contributed by atoms with Gasteiger partial charge in [0.25, 0.3) is 0 Å². The van der Waals surface area contributed by atoms with Crippen molar-refractivity contribution in [2.24, 2.45) is 0 Å². The molecule has 30 heavy (non-hydrogen) atoms. The van der Waals surface area contributed by atoms with Crippen molar-refractivity contribution in [1.29, 1.82) is 0 Å². The molecule has 0 atom stereocenters. The van der Waals surface area contributed by atoms with Gasteiger partial charge in [0, 0.05) is 22.8 Å². The van der Waals surface area contributed by atoms with Crippen LogP contribution < -0.4 is 5.32 Å². The lowest BCUT2D eigenvalue weighted by atomic mass is 10.0. The Bertz CT molecular complexity index is 1210. The molecule has 4 aromatic rings. The molecule has 0 spiro atoms. The fourth-order valence-corrected chi connectivity index (χ4v) is 3.65. The summed E-state index contributed by atoms with van der Waals surface area (Å²) in [4.78, 5) is 32.6. The fraction of sp³-hybridized carbons (Fsp3) is 0.0435. The number of aromatic nitrogens is 2. The van der Waals surface area contributed by atoms with Gasteiger partial charge in [-0.05, 0) is 36.4 Å². The molecule has 0 saturated carbocycles. The number of amides is 1. The third-order valence-corrected chi connectivity index (χ3v) is 5.34. The Hall–Kier alpha value is -3.71. The minimum absolute atomic E-state index is 0.129. The summed E-state index contributed by atoms with van der Waals surface area (Å²) in [6, 6.07) is 21.5. The lowest BCUT2D eigenvalue weighted by Crippen LogP contribution is -2.14. The summed E-state index contributed by atoms with van der Waals surface area (Å²) in [5.41, 5.74) is 2.82. The highest BCUT2D eigenvalue weighted by Crippen LogP contribution is 2.26. The molecule has 4 rings (SSSR count). The molecule has 148 valence electrons. The number of fused-ring (bicyclic) bond motifs is 1. The Morgan fingerprint density at radius 2 is 1.73 bits per heavy atom. The van der Waals surface area contributed by atoms with Gasteiger partial charge in [-0.3, -0.25) is 4.79 Å². The zero-order valence-electron chi connectivity index (χ0n) is 15.8. The Kier molecular flexibility index (Phi) is 5.72. The first-order valence-electron chi connectivity index (χ1n) is 9.17.